The molecule has 0 amide bonds. The maximum atomic E-state index is 15.2. The highest BCUT2D eigenvalue weighted by atomic mass is 31.3. The van der Waals surface area contributed by atoms with Crippen LogP contribution in [0.15, 0.2) is 24.3 Å². The van der Waals surface area contributed by atoms with Crippen molar-refractivity contribution in [2.45, 2.75) is 125 Å². The molecule has 3 aliphatic rings. The fraction of sp³-hybridized carbons (Fsp3) is 0.613. The van der Waals surface area contributed by atoms with Crippen LogP contribution in [0.2, 0.25) is 0 Å². The zero-order valence-electron chi connectivity index (χ0n) is 26.0. The van der Waals surface area contributed by atoms with Crippen LogP contribution < -0.4 is 9.05 Å². The topological polar surface area (TPSA) is 42.0 Å². The van der Waals surface area contributed by atoms with E-state index in [0.29, 0.717) is 6.42 Å². The van der Waals surface area contributed by atoms with E-state index < -0.39 is 27.2 Å². The van der Waals surface area contributed by atoms with Gasteiger partial charge in [0.05, 0.1) is 0 Å². The average molecular weight is 559 g/mol. The lowest BCUT2D eigenvalue weighted by Gasteiger charge is -2.61. The lowest BCUT2D eigenvalue weighted by molar-refractivity contribution is 0.189. The maximum absolute atomic E-state index is 15.2. The summed E-state index contributed by atoms with van der Waals surface area (Å²) in [6.07, 6.45) is 0.661. The Morgan fingerprint density at radius 2 is 1.08 bits per heavy atom. The molecule has 2 aromatic carbocycles. The third-order valence-corrected chi connectivity index (χ3v) is 14.1. The van der Waals surface area contributed by atoms with E-state index in [1.165, 1.54) is 16.7 Å². The van der Waals surface area contributed by atoms with Gasteiger partial charge in [0.2, 0.25) is 0 Å². The molecule has 2 bridgehead atoms. The zero-order valence-corrected chi connectivity index (χ0v) is 27.8. The van der Waals surface area contributed by atoms with E-state index >= 15 is 4.57 Å². The Kier molecular flexibility index (Phi) is 7.06. The summed E-state index contributed by atoms with van der Waals surface area (Å²) >= 11 is 0. The highest BCUT2D eigenvalue weighted by Gasteiger charge is 2.69. The van der Waals surface area contributed by atoms with Crippen molar-refractivity contribution in [3.63, 3.8) is 0 Å². The lowest BCUT2D eigenvalue weighted by atomic mass is 9.81. The van der Waals surface area contributed by atoms with Crippen LogP contribution in [0.25, 0.3) is 0 Å². The summed E-state index contributed by atoms with van der Waals surface area (Å²) < 4.78 is 33.3. The van der Waals surface area contributed by atoms with Crippen LogP contribution >= 0.6 is 16.1 Å². The van der Waals surface area contributed by atoms with E-state index in [9.17, 15) is 0 Å². The molecule has 210 valence electrons. The van der Waals surface area contributed by atoms with Gasteiger partial charge in [-0.1, -0.05) is 76.9 Å². The molecule has 0 atom stereocenters. The van der Waals surface area contributed by atoms with Crippen LogP contribution in [0.3, 0.4) is 0 Å². The van der Waals surface area contributed by atoms with Crippen LogP contribution in [0.4, 0.5) is 0 Å². The first-order chi connectivity index (χ1) is 17.0. The molecule has 1 fully saturated rings. The van der Waals surface area contributed by atoms with E-state index in [4.69, 9.17) is 9.05 Å². The van der Waals surface area contributed by atoms with Gasteiger partial charge in [0.25, 0.3) is 8.45 Å². The quantitative estimate of drug-likeness (QED) is 0.301. The normalized spacial score (nSPS) is 23.1. The summed E-state index contributed by atoms with van der Waals surface area (Å²) in [6.45, 7) is 30.3. The van der Waals surface area contributed by atoms with Gasteiger partial charge >= 0.3 is 7.67 Å². The summed E-state index contributed by atoms with van der Waals surface area (Å²) in [5, 5.41) is 0. The molecule has 0 N–H and O–H groups in total. The van der Waals surface area contributed by atoms with Crippen molar-refractivity contribution in [1.29, 1.82) is 0 Å². The summed E-state index contributed by atoms with van der Waals surface area (Å²) in [4.78, 5) is 0. The molecule has 0 saturated carbocycles. The van der Waals surface area contributed by atoms with Crippen LogP contribution in [-0.4, -0.2) is 20.0 Å². The van der Waals surface area contributed by atoms with Gasteiger partial charge in [0, 0.05) is 28.6 Å². The first kappa shape index (κ1) is 29.6. The summed E-state index contributed by atoms with van der Waals surface area (Å²) in [5.41, 5.74) is 5.72. The Labute approximate surface area is 232 Å². The number of nitrogens with zero attached hydrogens (tertiary/aromatic N) is 2. The molecule has 5 nitrogen and oxygen atoms in total. The minimum atomic E-state index is -3.48. The summed E-state index contributed by atoms with van der Waals surface area (Å²) in [6, 6.07) is 8.92. The molecule has 0 radical (unpaired) electrons. The van der Waals surface area contributed by atoms with Gasteiger partial charge in [0.15, 0.2) is 0 Å². The van der Waals surface area contributed by atoms with Crippen molar-refractivity contribution >= 4 is 16.1 Å². The second kappa shape index (κ2) is 9.07. The largest absolute Gasteiger partial charge is 0.443 e. The maximum Gasteiger partial charge on any atom is 0.411 e. The smallest absolute Gasteiger partial charge is 0.411 e. The molecule has 0 aromatic heterocycles. The van der Waals surface area contributed by atoms with Gasteiger partial charge in [-0.05, 0) is 77.3 Å². The minimum absolute atomic E-state index is 0.119. The molecule has 0 unspecified atom stereocenters. The highest BCUT2D eigenvalue weighted by molar-refractivity contribution is 7.81. The van der Waals surface area contributed by atoms with Gasteiger partial charge in [-0.2, -0.15) is 0 Å². The zero-order chi connectivity index (χ0) is 28.8. The van der Waals surface area contributed by atoms with Gasteiger partial charge < -0.3 is 9.05 Å². The van der Waals surface area contributed by atoms with Gasteiger partial charge in [0.1, 0.15) is 11.5 Å². The van der Waals surface area contributed by atoms with Crippen molar-refractivity contribution in [3.8, 4) is 11.5 Å². The Bertz CT molecular complexity index is 1280. The molecular weight excluding hydrogens is 510 g/mol. The van der Waals surface area contributed by atoms with Crippen LogP contribution in [0, 0.1) is 13.8 Å². The summed E-state index contributed by atoms with van der Waals surface area (Å²) in [5.74, 6) is 1.69. The third-order valence-electron chi connectivity index (χ3n) is 7.00. The lowest BCUT2D eigenvalue weighted by Crippen LogP contribution is -2.57. The Morgan fingerprint density at radius 1 is 0.684 bits per heavy atom. The molecule has 1 saturated heterocycles. The van der Waals surface area contributed by atoms with E-state index in [1.54, 1.807) is 0 Å². The van der Waals surface area contributed by atoms with E-state index in [2.05, 4.69) is 121 Å². The fourth-order valence-corrected chi connectivity index (χ4v) is 11.9. The van der Waals surface area contributed by atoms with Gasteiger partial charge in [-0.3, -0.25) is 0 Å². The average Bonchev–Trinajstić information content (AvgIpc) is 2.66. The molecule has 7 heteroatoms. The summed E-state index contributed by atoms with van der Waals surface area (Å²) in [7, 11) is -4.86. The first-order valence-electron chi connectivity index (χ1n) is 13.7. The minimum Gasteiger partial charge on any atom is -0.443 e. The Hall–Kier alpha value is -1.38. The van der Waals surface area contributed by atoms with Crippen LogP contribution in [0.1, 0.15) is 116 Å². The molecule has 3 heterocycles. The molecule has 2 aromatic rings. The number of aryl methyl sites for hydroxylation is 2. The predicted molar refractivity (Wildman–Crippen MR) is 162 cm³/mol. The SMILES string of the molecule is Cc1cc2c(c(C(C)(C)C)c1)OP1N(C(C)(C)C)P(=O)(Oc3c(cc(C)cc3C(C)(C)C)C2)N1C(C)(C)C. The number of benzene rings is 2. The monoisotopic (exact) mass is 558 g/mol. The van der Waals surface area contributed by atoms with Gasteiger partial charge in [-0.15, -0.1) is 8.88 Å². The van der Waals surface area contributed by atoms with Crippen molar-refractivity contribution in [2.75, 3.05) is 0 Å². The molecule has 3 aliphatic heterocycles. The fourth-order valence-electron chi connectivity index (χ4n) is 5.44. The molecule has 0 aliphatic carbocycles. The number of hydrogen-bond donors (Lipinski definition) is 0. The predicted octanol–water partition coefficient (Wildman–Crippen LogP) is 9.81. The van der Waals surface area contributed by atoms with E-state index in [-0.39, 0.29) is 10.8 Å². The molecule has 38 heavy (non-hydrogen) atoms. The van der Waals surface area contributed by atoms with Crippen LogP contribution in [-0.2, 0) is 21.8 Å². The Balaban J connectivity index is 2.15. The van der Waals surface area contributed by atoms with Crippen molar-refractivity contribution < 1.29 is 13.6 Å². The van der Waals surface area contributed by atoms with Crippen molar-refractivity contribution in [3.05, 3.63) is 57.6 Å². The van der Waals surface area contributed by atoms with E-state index in [1.807, 2.05) is 8.88 Å². The first-order valence-corrected chi connectivity index (χ1v) is 16.4. The second-order valence-electron chi connectivity index (χ2n) is 15.1. The van der Waals surface area contributed by atoms with E-state index in [0.717, 1.165) is 28.2 Å². The Morgan fingerprint density at radius 3 is 1.47 bits per heavy atom. The molecule has 5 rings (SSSR count). The highest BCUT2D eigenvalue weighted by Crippen LogP contribution is 2.86. The third kappa shape index (κ3) is 5.10. The van der Waals surface area contributed by atoms with Crippen molar-refractivity contribution in [1.82, 2.24) is 8.88 Å². The van der Waals surface area contributed by atoms with Crippen LogP contribution in [0.5, 0.6) is 11.5 Å². The second-order valence-corrected chi connectivity index (χ2v) is 19.2. The molecular formula is C31H48N2O3P2. The number of hydrogen-bond acceptors (Lipinski definition) is 3. The van der Waals surface area contributed by atoms with Crippen molar-refractivity contribution in [2.24, 2.45) is 0 Å². The number of rotatable bonds is 0. The van der Waals surface area contributed by atoms with Gasteiger partial charge in [-0.25, -0.2) is 4.57 Å². The standard InChI is InChI=1S/C31H48N2O3P2/c1-20-15-22-19-23-16-21(2)18-25(29(6,7)8)27(23)36-38(34)32(30(9,10)11)37(33(38)31(12,13)14)35-26(22)24(17-20)28(3,4)5/h15-18H,19H2,1-14H3. The molecule has 0 spiro atoms.